The number of carbonyl (C=O) groups is 1. The highest BCUT2D eigenvalue weighted by atomic mass is 16.3. The van der Waals surface area contributed by atoms with E-state index in [4.69, 9.17) is 0 Å². The predicted octanol–water partition coefficient (Wildman–Crippen LogP) is 2.02. The minimum atomic E-state index is -0.520. The van der Waals surface area contributed by atoms with Crippen LogP contribution in [0.4, 0.5) is 0 Å². The van der Waals surface area contributed by atoms with Crippen molar-refractivity contribution in [1.29, 1.82) is 0 Å². The molecule has 3 nitrogen and oxygen atoms in total. The molecule has 3 heteroatoms. The van der Waals surface area contributed by atoms with Crippen molar-refractivity contribution in [3.8, 4) is 0 Å². The minimum Gasteiger partial charge on any atom is -0.388 e. The molecule has 0 aliphatic carbocycles. The molecule has 1 rings (SSSR count). The van der Waals surface area contributed by atoms with Gasteiger partial charge in [-0.2, -0.15) is 0 Å². The molecule has 0 bridgehead atoms. The monoisotopic (exact) mass is 221 g/mol. The molecule has 0 fully saturated rings. The van der Waals surface area contributed by atoms with E-state index in [1.54, 1.807) is 0 Å². The molecular formula is C13H19NO2. The van der Waals surface area contributed by atoms with Gasteiger partial charge in [0.1, 0.15) is 0 Å². The molecule has 0 radical (unpaired) electrons. The Bertz CT molecular complexity index is 324. The van der Waals surface area contributed by atoms with Gasteiger partial charge in [0, 0.05) is 12.5 Å². The van der Waals surface area contributed by atoms with Gasteiger partial charge in [-0.25, -0.2) is 0 Å². The summed E-state index contributed by atoms with van der Waals surface area (Å²) in [6.07, 6.45) is 0.495. The smallest absolute Gasteiger partial charge is 0.219 e. The minimum absolute atomic E-state index is 0.0114. The summed E-state index contributed by atoms with van der Waals surface area (Å²) in [5.41, 5.74) is 0.889. The van der Waals surface area contributed by atoms with Gasteiger partial charge in [0.05, 0.1) is 6.10 Å². The van der Waals surface area contributed by atoms with Crippen LogP contribution in [0.1, 0.15) is 38.4 Å². The van der Waals surface area contributed by atoms with Crippen molar-refractivity contribution in [2.24, 2.45) is 0 Å². The molecule has 88 valence electrons. The van der Waals surface area contributed by atoms with E-state index in [9.17, 15) is 9.90 Å². The summed E-state index contributed by atoms with van der Waals surface area (Å²) in [6, 6.07) is 9.47. The maximum atomic E-state index is 11.1. The standard InChI is InChI=1S/C13H19NO2/c1-3-13(16)14-10(2)9-12(15)11-7-5-4-6-8-11/h4-8,10,12,15H,3,9H2,1-2H3,(H,14,16). The molecule has 0 spiro atoms. The largest absolute Gasteiger partial charge is 0.388 e. The normalized spacial score (nSPS) is 14.2. The van der Waals surface area contributed by atoms with E-state index in [1.807, 2.05) is 44.2 Å². The second-order valence-electron chi connectivity index (χ2n) is 3.98. The molecule has 1 aromatic rings. The van der Waals surface area contributed by atoms with Crippen LogP contribution in [0.15, 0.2) is 30.3 Å². The quantitative estimate of drug-likeness (QED) is 0.799. The lowest BCUT2D eigenvalue weighted by Gasteiger charge is -2.17. The molecule has 0 aliphatic rings. The Labute approximate surface area is 96.5 Å². The third-order valence-electron chi connectivity index (χ3n) is 2.49. The van der Waals surface area contributed by atoms with Crippen molar-refractivity contribution in [2.75, 3.05) is 0 Å². The topological polar surface area (TPSA) is 49.3 Å². The van der Waals surface area contributed by atoms with Crippen molar-refractivity contribution in [1.82, 2.24) is 5.32 Å². The molecule has 2 atom stereocenters. The second kappa shape index (κ2) is 6.28. The number of carbonyl (C=O) groups excluding carboxylic acids is 1. The van der Waals surface area contributed by atoms with Gasteiger partial charge in [-0.05, 0) is 18.9 Å². The van der Waals surface area contributed by atoms with Gasteiger partial charge in [-0.1, -0.05) is 37.3 Å². The lowest BCUT2D eigenvalue weighted by Crippen LogP contribution is -2.33. The van der Waals surface area contributed by atoms with Crippen molar-refractivity contribution in [3.05, 3.63) is 35.9 Å². The first-order valence-corrected chi connectivity index (χ1v) is 5.65. The predicted molar refractivity (Wildman–Crippen MR) is 63.9 cm³/mol. The van der Waals surface area contributed by atoms with E-state index in [0.29, 0.717) is 12.8 Å². The highest BCUT2D eigenvalue weighted by molar-refractivity contribution is 5.75. The zero-order valence-electron chi connectivity index (χ0n) is 9.81. The highest BCUT2D eigenvalue weighted by Crippen LogP contribution is 2.17. The molecular weight excluding hydrogens is 202 g/mol. The molecule has 0 aromatic heterocycles. The van der Waals surface area contributed by atoms with Gasteiger partial charge >= 0.3 is 0 Å². The Morgan fingerprint density at radius 2 is 2.00 bits per heavy atom. The molecule has 0 saturated carbocycles. The van der Waals surface area contributed by atoms with E-state index in [-0.39, 0.29) is 11.9 Å². The summed E-state index contributed by atoms with van der Waals surface area (Å²) >= 11 is 0. The van der Waals surface area contributed by atoms with Gasteiger partial charge < -0.3 is 10.4 Å². The van der Waals surface area contributed by atoms with Crippen molar-refractivity contribution < 1.29 is 9.90 Å². The first-order chi connectivity index (χ1) is 7.63. The summed E-state index contributed by atoms with van der Waals surface area (Å²) in [5.74, 6) is 0.0211. The summed E-state index contributed by atoms with van der Waals surface area (Å²) in [5, 5.41) is 12.8. The lowest BCUT2D eigenvalue weighted by molar-refractivity contribution is -0.121. The summed E-state index contributed by atoms with van der Waals surface area (Å²) in [4.78, 5) is 11.1. The van der Waals surface area contributed by atoms with Gasteiger partial charge in [-0.3, -0.25) is 4.79 Å². The summed E-state index contributed by atoms with van der Waals surface area (Å²) in [6.45, 7) is 3.72. The fourth-order valence-electron chi connectivity index (χ4n) is 1.58. The fraction of sp³-hybridized carbons (Fsp3) is 0.462. The van der Waals surface area contributed by atoms with Crippen molar-refractivity contribution >= 4 is 5.91 Å². The Morgan fingerprint density at radius 1 is 1.38 bits per heavy atom. The van der Waals surface area contributed by atoms with Crippen LogP contribution in [-0.2, 0) is 4.79 Å². The highest BCUT2D eigenvalue weighted by Gasteiger charge is 2.13. The number of hydrogen-bond acceptors (Lipinski definition) is 2. The zero-order chi connectivity index (χ0) is 12.0. The van der Waals surface area contributed by atoms with Crippen LogP contribution in [0, 0.1) is 0 Å². The third kappa shape index (κ3) is 4.03. The zero-order valence-corrected chi connectivity index (χ0v) is 9.81. The number of amides is 1. The first-order valence-electron chi connectivity index (χ1n) is 5.65. The summed E-state index contributed by atoms with van der Waals surface area (Å²) < 4.78 is 0. The maximum absolute atomic E-state index is 11.1. The SMILES string of the molecule is CCC(=O)NC(C)CC(O)c1ccccc1. The fourth-order valence-corrected chi connectivity index (χ4v) is 1.58. The van der Waals surface area contributed by atoms with Gasteiger partial charge in [0.15, 0.2) is 0 Å². The number of aliphatic hydroxyl groups excluding tert-OH is 1. The van der Waals surface area contributed by atoms with Crippen LogP contribution < -0.4 is 5.32 Å². The van der Waals surface area contributed by atoms with E-state index in [0.717, 1.165) is 5.56 Å². The number of nitrogens with one attached hydrogen (secondary N) is 1. The van der Waals surface area contributed by atoms with Gasteiger partial charge in [0.25, 0.3) is 0 Å². The Balaban J connectivity index is 2.45. The summed E-state index contributed by atoms with van der Waals surface area (Å²) in [7, 11) is 0. The van der Waals surface area contributed by atoms with Crippen LogP contribution in [0.3, 0.4) is 0 Å². The first kappa shape index (κ1) is 12.7. The van der Waals surface area contributed by atoms with E-state index in [1.165, 1.54) is 0 Å². The maximum Gasteiger partial charge on any atom is 0.219 e. The van der Waals surface area contributed by atoms with Crippen LogP contribution in [0.2, 0.25) is 0 Å². The molecule has 2 N–H and O–H groups in total. The molecule has 0 heterocycles. The van der Waals surface area contributed by atoms with Crippen LogP contribution in [0.5, 0.6) is 0 Å². The molecule has 1 amide bonds. The molecule has 0 aliphatic heterocycles. The molecule has 16 heavy (non-hydrogen) atoms. The molecule has 2 unspecified atom stereocenters. The van der Waals surface area contributed by atoms with Crippen molar-refractivity contribution in [2.45, 2.75) is 38.8 Å². The number of hydrogen-bond donors (Lipinski definition) is 2. The molecule has 0 saturated heterocycles. The number of aliphatic hydroxyl groups is 1. The number of benzene rings is 1. The Hall–Kier alpha value is -1.35. The molecule has 1 aromatic carbocycles. The Kier molecular flexibility index (Phi) is 4.99. The average molecular weight is 221 g/mol. The van der Waals surface area contributed by atoms with E-state index in [2.05, 4.69) is 5.32 Å². The lowest BCUT2D eigenvalue weighted by atomic mass is 10.0. The average Bonchev–Trinajstić information content (AvgIpc) is 2.29. The van der Waals surface area contributed by atoms with E-state index >= 15 is 0 Å². The van der Waals surface area contributed by atoms with Crippen LogP contribution in [0.25, 0.3) is 0 Å². The van der Waals surface area contributed by atoms with Gasteiger partial charge in [0.2, 0.25) is 5.91 Å². The van der Waals surface area contributed by atoms with Gasteiger partial charge in [-0.15, -0.1) is 0 Å². The third-order valence-corrected chi connectivity index (χ3v) is 2.49. The number of rotatable bonds is 5. The Morgan fingerprint density at radius 3 is 2.56 bits per heavy atom. The van der Waals surface area contributed by atoms with Crippen molar-refractivity contribution in [3.63, 3.8) is 0 Å². The van der Waals surface area contributed by atoms with E-state index < -0.39 is 6.10 Å². The van der Waals surface area contributed by atoms with Crippen LogP contribution >= 0.6 is 0 Å². The second-order valence-corrected chi connectivity index (χ2v) is 3.98. The van der Waals surface area contributed by atoms with Crippen LogP contribution in [-0.4, -0.2) is 17.1 Å².